The number of rotatable bonds is 2. The average molecular weight is 644 g/mol. The number of anilines is 1. The normalized spacial score (nSPS) is 34.1. The van der Waals surface area contributed by atoms with Gasteiger partial charge in [0.1, 0.15) is 5.75 Å². The van der Waals surface area contributed by atoms with E-state index in [9.17, 15) is 23.8 Å². The third-order valence-electron chi connectivity index (χ3n) is 10.6. The van der Waals surface area contributed by atoms with Crippen LogP contribution in [0.3, 0.4) is 0 Å². The third kappa shape index (κ3) is 5.75. The Hall–Kier alpha value is -2.31. The Morgan fingerprint density at radius 3 is 2.70 bits per heavy atom. The minimum absolute atomic E-state index is 0.0554. The topological polar surface area (TPSA) is 141 Å². The first-order valence-corrected chi connectivity index (χ1v) is 16.9. The Morgan fingerprint density at radius 1 is 1.16 bits per heavy atom. The summed E-state index contributed by atoms with van der Waals surface area (Å²) in [6, 6.07) is 11.3. The highest BCUT2D eigenvalue weighted by Crippen LogP contribution is 2.52. The number of aliphatic hydroxyl groups excluding tert-OH is 1. The van der Waals surface area contributed by atoms with Crippen molar-refractivity contribution >= 4 is 34.5 Å². The number of amides is 1. The van der Waals surface area contributed by atoms with Crippen LogP contribution >= 0.6 is 11.6 Å². The number of hydrogen-bond acceptors (Lipinski definition) is 7. The van der Waals surface area contributed by atoms with Gasteiger partial charge in [-0.1, -0.05) is 42.8 Å². The van der Waals surface area contributed by atoms with Crippen LogP contribution < -0.4 is 15.4 Å². The molecular weight excluding hydrogens is 602 g/mol. The maximum atomic E-state index is 13.0. The third-order valence-corrected chi connectivity index (χ3v) is 11.6. The molecule has 1 spiro atoms. The van der Waals surface area contributed by atoms with E-state index in [2.05, 4.69) is 29.7 Å². The molecule has 44 heavy (non-hydrogen) atoms. The number of aliphatic hydroxyl groups is 2. The van der Waals surface area contributed by atoms with Gasteiger partial charge in [0.25, 0.3) is 0 Å². The molecule has 4 aliphatic rings. The number of aryl methyl sites for hydroxylation is 1. The van der Waals surface area contributed by atoms with E-state index in [1.165, 1.54) is 11.1 Å². The van der Waals surface area contributed by atoms with Crippen molar-refractivity contribution < 1.29 is 34.2 Å². The summed E-state index contributed by atoms with van der Waals surface area (Å²) in [6.07, 6.45) is 8.89. The molecule has 2 aromatic carbocycles. The van der Waals surface area contributed by atoms with Crippen molar-refractivity contribution in [3.63, 3.8) is 0 Å². The lowest BCUT2D eigenvalue weighted by Crippen LogP contribution is -2.69. The molecule has 238 valence electrons. The summed E-state index contributed by atoms with van der Waals surface area (Å²) in [5, 5.41) is 23.8. The monoisotopic (exact) mass is 643 g/mol. The van der Waals surface area contributed by atoms with Gasteiger partial charge in [0.2, 0.25) is 5.60 Å². The zero-order valence-corrected chi connectivity index (χ0v) is 26.7. The van der Waals surface area contributed by atoms with Crippen LogP contribution in [0.2, 0.25) is 5.02 Å². The Bertz CT molecular complexity index is 1490. The van der Waals surface area contributed by atoms with Crippen LogP contribution in [0.4, 0.5) is 5.69 Å². The van der Waals surface area contributed by atoms with Gasteiger partial charge in [0, 0.05) is 46.9 Å². The van der Waals surface area contributed by atoms with Crippen LogP contribution in [-0.2, 0) is 33.5 Å². The zero-order valence-electron chi connectivity index (χ0n) is 25.2. The van der Waals surface area contributed by atoms with E-state index in [-0.39, 0.29) is 28.9 Å². The van der Waals surface area contributed by atoms with Crippen molar-refractivity contribution in [1.82, 2.24) is 4.31 Å². The summed E-state index contributed by atoms with van der Waals surface area (Å²) < 4.78 is 32.0. The van der Waals surface area contributed by atoms with Gasteiger partial charge < -0.3 is 24.4 Å². The minimum Gasteiger partial charge on any atom is -0.760 e. The highest BCUT2D eigenvalue weighted by atomic mass is 35.5. The summed E-state index contributed by atoms with van der Waals surface area (Å²) in [5.74, 6) is -0.0885. The van der Waals surface area contributed by atoms with Crippen molar-refractivity contribution in [3.05, 3.63) is 70.3 Å². The Morgan fingerprint density at radius 2 is 1.98 bits per heavy atom. The first-order chi connectivity index (χ1) is 20.9. The molecule has 6 rings (SSSR count). The molecule has 1 amide bonds. The number of quaternary nitrogens is 1. The zero-order chi connectivity index (χ0) is 31.3. The summed E-state index contributed by atoms with van der Waals surface area (Å²) >= 11 is 3.74. The molecule has 0 saturated heterocycles. The summed E-state index contributed by atoms with van der Waals surface area (Å²) in [4.78, 5) is 15.3. The molecule has 1 saturated carbocycles. The van der Waals surface area contributed by atoms with Crippen molar-refractivity contribution in [2.24, 2.45) is 11.3 Å². The lowest BCUT2D eigenvalue weighted by molar-refractivity contribution is -0.326. The second kappa shape index (κ2) is 12.1. The van der Waals surface area contributed by atoms with E-state index in [1.54, 1.807) is 18.2 Å². The second-order valence-electron chi connectivity index (χ2n) is 13.5. The molecule has 11 heteroatoms. The molecule has 2 aliphatic heterocycles. The van der Waals surface area contributed by atoms with Gasteiger partial charge in [-0.3, -0.25) is 9.94 Å². The molecule has 2 aromatic rings. The number of nitrogens with zero attached hydrogens (tertiary/aromatic N) is 2. The Kier molecular flexibility index (Phi) is 8.73. The lowest BCUT2D eigenvalue weighted by atomic mass is 9.58. The Labute approximate surface area is 266 Å². The van der Waals surface area contributed by atoms with Crippen molar-refractivity contribution in [3.8, 4) is 5.75 Å². The predicted octanol–water partition coefficient (Wildman–Crippen LogP) is 2.99. The van der Waals surface area contributed by atoms with Crippen molar-refractivity contribution in [2.45, 2.75) is 69.0 Å². The predicted molar refractivity (Wildman–Crippen MR) is 168 cm³/mol. The highest BCUT2D eigenvalue weighted by Gasteiger charge is 2.50. The number of allylic oxidation sites excluding steroid dienone is 1. The SMILES string of the molecule is CC12CC[C@H]1[C@@H](O)/C=C/CCCN(S(=O)[O-])C[C@](O)(C([NH3+])=O)c1ccc3c(c1)N(C2)C[C@@]1(CCCc2cc(Cl)ccc21)CO3. The van der Waals surface area contributed by atoms with E-state index in [0.717, 1.165) is 42.1 Å². The molecule has 0 aromatic heterocycles. The molecule has 9 nitrogen and oxygen atoms in total. The minimum atomic E-state index is -2.67. The molecule has 2 unspecified atom stereocenters. The first-order valence-electron chi connectivity index (χ1n) is 15.5. The highest BCUT2D eigenvalue weighted by molar-refractivity contribution is 7.76. The van der Waals surface area contributed by atoms with Crippen LogP contribution in [0.1, 0.15) is 62.1 Å². The smallest absolute Gasteiger partial charge is 0.346 e. The van der Waals surface area contributed by atoms with Crippen molar-refractivity contribution in [1.29, 1.82) is 0 Å². The number of fused-ring (bicyclic) bond motifs is 4. The number of carbonyl (C=O) groups is 1. The van der Waals surface area contributed by atoms with Gasteiger partial charge >= 0.3 is 5.91 Å². The number of β-amino-alcohol motifs (C(OH)–C–C–N with tert-alkyl or cyclic N) is 1. The van der Waals surface area contributed by atoms with Gasteiger partial charge in [-0.2, -0.15) is 0 Å². The van der Waals surface area contributed by atoms with Gasteiger partial charge in [0.15, 0.2) is 0 Å². The lowest BCUT2D eigenvalue weighted by Gasteiger charge is -2.52. The quantitative estimate of drug-likeness (QED) is 0.338. The molecule has 5 N–H and O–H groups in total. The van der Waals surface area contributed by atoms with Gasteiger partial charge in [-0.05, 0) is 91.7 Å². The molecule has 1 fully saturated rings. The fourth-order valence-electron chi connectivity index (χ4n) is 7.93. The average Bonchev–Trinajstić information content (AvgIpc) is 3.11. The molecule has 0 radical (unpaired) electrons. The van der Waals surface area contributed by atoms with Crippen LogP contribution in [0.5, 0.6) is 5.75 Å². The Balaban J connectivity index is 1.48. The van der Waals surface area contributed by atoms with Gasteiger partial charge in [-0.15, -0.1) is 0 Å². The molecule has 2 bridgehead atoms. The van der Waals surface area contributed by atoms with Crippen LogP contribution in [0.25, 0.3) is 0 Å². The molecule has 2 aliphatic carbocycles. The van der Waals surface area contributed by atoms with Crippen LogP contribution in [-0.4, -0.2) is 68.1 Å². The van der Waals surface area contributed by atoms with E-state index >= 15 is 0 Å². The van der Waals surface area contributed by atoms with Crippen molar-refractivity contribution in [2.75, 3.05) is 37.7 Å². The first kappa shape index (κ1) is 31.7. The number of carbonyl (C=O) groups excluding carboxylic acids is 1. The van der Waals surface area contributed by atoms with E-state index in [0.29, 0.717) is 43.3 Å². The van der Waals surface area contributed by atoms with Gasteiger partial charge in [-0.25, -0.2) is 9.10 Å². The summed E-state index contributed by atoms with van der Waals surface area (Å²) in [5.41, 5.74) is 4.35. The summed E-state index contributed by atoms with van der Waals surface area (Å²) in [6.45, 7) is 3.63. The number of ether oxygens (including phenoxy) is 1. The number of benzene rings is 2. The molecular formula is C33H42ClN3O6S. The maximum absolute atomic E-state index is 13.0. The van der Waals surface area contributed by atoms with Crippen LogP contribution in [0, 0.1) is 11.3 Å². The van der Waals surface area contributed by atoms with E-state index < -0.39 is 35.4 Å². The standard InChI is InChI=1S/C33H42ClN3O6S/c1-31-14-12-26(31)28(38)7-3-2-4-15-37(44(41)42)20-33(40,30(35)39)23-8-11-29-27(17-23)36(18-31)19-32(21-43-29)13-5-6-22-16-24(34)9-10-25(22)32/h3,7-11,16-17,26,28,38,40H,2,4-6,12-15,18-21H2,1H3,(H2,35,39)(H,41,42)/b7-3+/t26-,28-,31?,32-,33+/m0/s1. The van der Waals surface area contributed by atoms with E-state index in [4.69, 9.17) is 16.3 Å². The largest absolute Gasteiger partial charge is 0.760 e. The maximum Gasteiger partial charge on any atom is 0.346 e. The molecule has 2 heterocycles. The van der Waals surface area contributed by atoms with Crippen LogP contribution in [0.15, 0.2) is 48.6 Å². The number of halogens is 1. The van der Waals surface area contributed by atoms with E-state index in [1.807, 2.05) is 18.2 Å². The summed E-state index contributed by atoms with van der Waals surface area (Å²) in [7, 11) is 0. The van der Waals surface area contributed by atoms with Gasteiger partial charge in [0.05, 0.1) is 24.9 Å². The molecule has 6 atom stereocenters. The fourth-order valence-corrected chi connectivity index (χ4v) is 8.69. The fraction of sp³-hybridized carbons (Fsp3) is 0.545. The number of hydrogen-bond donors (Lipinski definition) is 3. The second-order valence-corrected chi connectivity index (χ2v) is 14.9.